The molecule has 0 aromatic rings. The van der Waals surface area contributed by atoms with Crippen molar-refractivity contribution < 1.29 is 9.53 Å². The molecule has 84 valence electrons. The summed E-state index contributed by atoms with van der Waals surface area (Å²) in [6.45, 7) is 5.08. The van der Waals surface area contributed by atoms with Gasteiger partial charge in [-0.15, -0.1) is 0 Å². The Balaban J connectivity index is 2.07. The van der Waals surface area contributed by atoms with E-state index in [0.29, 0.717) is 0 Å². The molecule has 1 saturated heterocycles. The third-order valence-electron chi connectivity index (χ3n) is 3.13. The molecule has 2 heterocycles. The second-order valence-corrected chi connectivity index (χ2v) is 4.72. The molecule has 0 saturated carbocycles. The van der Waals surface area contributed by atoms with Gasteiger partial charge in [-0.2, -0.15) is 0 Å². The zero-order chi connectivity index (χ0) is 11.1. The molecule has 0 aromatic heterocycles. The summed E-state index contributed by atoms with van der Waals surface area (Å²) in [7, 11) is 1.45. The Morgan fingerprint density at radius 2 is 2.20 bits per heavy atom. The molecule has 4 nitrogen and oxygen atoms in total. The summed E-state index contributed by atoms with van der Waals surface area (Å²) in [6, 6.07) is -0.107. The standard InChI is InChI=1S/C11H18N2O2/c1-11(2)10(12-11)13-7-5-4-6-8(13)9(14)15-3/h8H,4-7H2,1-3H3/t8-/m0/s1. The van der Waals surface area contributed by atoms with E-state index >= 15 is 0 Å². The van der Waals surface area contributed by atoms with Gasteiger partial charge in [-0.05, 0) is 33.1 Å². The van der Waals surface area contributed by atoms with Gasteiger partial charge in [0.2, 0.25) is 0 Å². The molecule has 1 fully saturated rings. The average molecular weight is 210 g/mol. The second kappa shape index (κ2) is 3.51. The predicted molar refractivity (Wildman–Crippen MR) is 57.9 cm³/mol. The van der Waals surface area contributed by atoms with Crippen molar-refractivity contribution in [3.63, 3.8) is 0 Å². The van der Waals surface area contributed by atoms with Gasteiger partial charge in [0.1, 0.15) is 17.4 Å². The van der Waals surface area contributed by atoms with Crippen molar-refractivity contribution in [2.45, 2.75) is 44.7 Å². The lowest BCUT2D eigenvalue weighted by atomic mass is 10.0. The molecule has 4 heteroatoms. The summed E-state index contributed by atoms with van der Waals surface area (Å²) in [5, 5.41) is 0. The van der Waals surface area contributed by atoms with Crippen LogP contribution >= 0.6 is 0 Å². The van der Waals surface area contributed by atoms with Gasteiger partial charge in [0.15, 0.2) is 0 Å². The second-order valence-electron chi connectivity index (χ2n) is 4.72. The minimum absolute atomic E-state index is 0.0520. The fraction of sp³-hybridized carbons (Fsp3) is 0.818. The van der Waals surface area contributed by atoms with Gasteiger partial charge < -0.3 is 9.64 Å². The number of carbonyl (C=O) groups is 1. The van der Waals surface area contributed by atoms with Crippen LogP contribution in [0.4, 0.5) is 0 Å². The molecule has 2 aliphatic rings. The van der Waals surface area contributed by atoms with Gasteiger partial charge in [0.05, 0.1) is 7.11 Å². The van der Waals surface area contributed by atoms with E-state index in [0.717, 1.165) is 31.6 Å². The van der Waals surface area contributed by atoms with Crippen molar-refractivity contribution in [2.75, 3.05) is 13.7 Å². The number of aliphatic imine (C=N–C) groups is 1. The first-order valence-corrected chi connectivity index (χ1v) is 5.51. The lowest BCUT2D eigenvalue weighted by molar-refractivity contribution is -0.146. The summed E-state index contributed by atoms with van der Waals surface area (Å²) < 4.78 is 4.83. The molecule has 0 radical (unpaired) electrons. The molecule has 1 atom stereocenters. The van der Waals surface area contributed by atoms with Crippen molar-refractivity contribution in [2.24, 2.45) is 4.99 Å². The van der Waals surface area contributed by atoms with Crippen LogP contribution in [0.1, 0.15) is 33.1 Å². The largest absolute Gasteiger partial charge is 0.467 e. The fourth-order valence-electron chi connectivity index (χ4n) is 2.22. The van der Waals surface area contributed by atoms with Gasteiger partial charge in [0, 0.05) is 6.54 Å². The molecular weight excluding hydrogens is 192 g/mol. The minimum Gasteiger partial charge on any atom is -0.467 e. The normalized spacial score (nSPS) is 28.3. The number of rotatable bonds is 1. The van der Waals surface area contributed by atoms with Gasteiger partial charge in [-0.1, -0.05) is 0 Å². The van der Waals surface area contributed by atoms with Crippen LogP contribution < -0.4 is 0 Å². The number of amidine groups is 1. The van der Waals surface area contributed by atoms with Crippen LogP contribution in [0.3, 0.4) is 0 Å². The van der Waals surface area contributed by atoms with Gasteiger partial charge >= 0.3 is 5.97 Å². The third-order valence-corrected chi connectivity index (χ3v) is 3.13. The molecule has 2 aliphatic heterocycles. The van der Waals surface area contributed by atoms with Crippen molar-refractivity contribution in [3.8, 4) is 0 Å². The number of carbonyl (C=O) groups excluding carboxylic acids is 1. The number of methoxy groups -OCH3 is 1. The quantitative estimate of drug-likeness (QED) is 0.611. The Bertz CT molecular complexity index is 310. The summed E-state index contributed by atoms with van der Waals surface area (Å²) >= 11 is 0. The minimum atomic E-state index is -0.125. The summed E-state index contributed by atoms with van der Waals surface area (Å²) in [5.41, 5.74) is -0.0520. The van der Waals surface area contributed by atoms with E-state index in [9.17, 15) is 4.79 Å². The molecule has 0 aromatic carbocycles. The Morgan fingerprint density at radius 3 is 2.73 bits per heavy atom. The lowest BCUT2D eigenvalue weighted by Gasteiger charge is -2.33. The molecule has 0 aliphatic carbocycles. The Morgan fingerprint density at radius 1 is 1.53 bits per heavy atom. The topological polar surface area (TPSA) is 41.9 Å². The number of hydrogen-bond acceptors (Lipinski definition) is 4. The highest BCUT2D eigenvalue weighted by molar-refractivity contribution is 6.04. The summed E-state index contributed by atoms with van der Waals surface area (Å²) in [4.78, 5) is 18.1. The Kier molecular flexibility index (Phi) is 2.44. The van der Waals surface area contributed by atoms with E-state index in [2.05, 4.69) is 23.7 Å². The highest BCUT2D eigenvalue weighted by Crippen LogP contribution is 2.33. The maximum absolute atomic E-state index is 11.6. The molecule has 0 N–H and O–H groups in total. The smallest absolute Gasteiger partial charge is 0.328 e. The van der Waals surface area contributed by atoms with E-state index in [1.54, 1.807) is 0 Å². The molecule has 0 amide bonds. The number of piperidine rings is 1. The van der Waals surface area contributed by atoms with Crippen LogP contribution in [-0.4, -0.2) is 41.9 Å². The predicted octanol–water partition coefficient (Wildman–Crippen LogP) is 1.20. The highest BCUT2D eigenvalue weighted by Gasteiger charge is 2.45. The summed E-state index contributed by atoms with van der Waals surface area (Å²) in [5.74, 6) is 0.942. The fourth-order valence-corrected chi connectivity index (χ4v) is 2.22. The monoisotopic (exact) mass is 210 g/mol. The number of likely N-dealkylation sites (tertiary alicyclic amines) is 1. The van der Waals surface area contributed by atoms with Crippen molar-refractivity contribution in [3.05, 3.63) is 0 Å². The molecule has 2 rings (SSSR count). The molecule has 15 heavy (non-hydrogen) atoms. The van der Waals surface area contributed by atoms with E-state index in [4.69, 9.17) is 4.74 Å². The number of nitrogens with zero attached hydrogens (tertiary/aromatic N) is 2. The van der Waals surface area contributed by atoms with Crippen LogP contribution in [0.2, 0.25) is 0 Å². The van der Waals surface area contributed by atoms with Gasteiger partial charge in [0.25, 0.3) is 0 Å². The Labute approximate surface area is 90.3 Å². The van der Waals surface area contributed by atoms with Crippen LogP contribution in [0, 0.1) is 0 Å². The SMILES string of the molecule is COC(=O)[C@@H]1CCCCN1C1=NC1(C)C. The molecular formula is C11H18N2O2. The van der Waals surface area contributed by atoms with E-state index in [-0.39, 0.29) is 17.6 Å². The van der Waals surface area contributed by atoms with Crippen molar-refractivity contribution in [1.82, 2.24) is 4.90 Å². The van der Waals surface area contributed by atoms with E-state index < -0.39 is 0 Å². The van der Waals surface area contributed by atoms with Gasteiger partial charge in [-0.25, -0.2) is 4.79 Å². The van der Waals surface area contributed by atoms with Crippen molar-refractivity contribution >= 4 is 11.8 Å². The van der Waals surface area contributed by atoms with Crippen LogP contribution in [0.25, 0.3) is 0 Å². The van der Waals surface area contributed by atoms with Crippen LogP contribution in [-0.2, 0) is 9.53 Å². The van der Waals surface area contributed by atoms with Crippen LogP contribution in [0.15, 0.2) is 4.99 Å². The van der Waals surface area contributed by atoms with E-state index in [1.165, 1.54) is 7.11 Å². The molecule has 0 unspecified atom stereocenters. The highest BCUT2D eigenvalue weighted by atomic mass is 16.5. The summed E-state index contributed by atoms with van der Waals surface area (Å²) in [6.07, 6.45) is 3.13. The van der Waals surface area contributed by atoms with Gasteiger partial charge in [-0.3, -0.25) is 4.99 Å². The number of hydrogen-bond donors (Lipinski definition) is 0. The first-order valence-electron chi connectivity index (χ1n) is 5.51. The molecule has 0 bridgehead atoms. The average Bonchev–Trinajstić information content (AvgIpc) is 2.86. The zero-order valence-corrected chi connectivity index (χ0v) is 9.62. The third kappa shape index (κ3) is 1.85. The maximum atomic E-state index is 11.6. The molecule has 0 spiro atoms. The number of ether oxygens (including phenoxy) is 1. The Hall–Kier alpha value is -1.06. The van der Waals surface area contributed by atoms with E-state index in [1.807, 2.05) is 0 Å². The van der Waals surface area contributed by atoms with Crippen molar-refractivity contribution in [1.29, 1.82) is 0 Å². The lowest BCUT2D eigenvalue weighted by Crippen LogP contribution is -2.48. The first kappa shape index (κ1) is 10.5. The van der Waals surface area contributed by atoms with Crippen LogP contribution in [0.5, 0.6) is 0 Å². The number of esters is 1. The first-order chi connectivity index (χ1) is 7.06. The zero-order valence-electron chi connectivity index (χ0n) is 9.62. The maximum Gasteiger partial charge on any atom is 0.328 e.